The molecule has 0 radical (unpaired) electrons. The molecule has 0 spiro atoms. The molecule has 1 N–H and O–H groups in total. The van der Waals surface area contributed by atoms with Crippen molar-refractivity contribution in [1.29, 1.82) is 0 Å². The molecule has 0 aliphatic heterocycles. The minimum Gasteiger partial charge on any atom is -0.465 e. The quantitative estimate of drug-likeness (QED) is 0.311. The number of carbonyl (C=O) groups is 1. The van der Waals surface area contributed by atoms with Crippen LogP contribution in [0, 0.1) is 5.41 Å². The number of ether oxygens (including phenoxy) is 1. The summed E-state index contributed by atoms with van der Waals surface area (Å²) in [5.41, 5.74) is 0.00311. The molecule has 0 aliphatic rings. The number of hydrogen-bond acceptors (Lipinski definition) is 4. The molecular formula is C9H18O4. The molecule has 0 atom stereocenters. The Morgan fingerprint density at radius 1 is 1.38 bits per heavy atom. The fraction of sp³-hybridized carbons (Fsp3) is 0.889. The highest BCUT2D eigenvalue weighted by Crippen LogP contribution is 2.13. The van der Waals surface area contributed by atoms with Gasteiger partial charge in [0.05, 0.1) is 13.2 Å². The molecule has 0 heterocycles. The van der Waals surface area contributed by atoms with Crippen molar-refractivity contribution in [3.63, 3.8) is 0 Å². The van der Waals surface area contributed by atoms with Gasteiger partial charge in [0, 0.05) is 6.42 Å². The van der Waals surface area contributed by atoms with Crippen LogP contribution in [0.3, 0.4) is 0 Å². The van der Waals surface area contributed by atoms with Gasteiger partial charge in [0.15, 0.2) is 0 Å². The highest BCUT2D eigenvalue weighted by Gasteiger charge is 2.13. The molecule has 0 saturated heterocycles. The Morgan fingerprint density at radius 2 is 2.00 bits per heavy atom. The molecule has 0 bridgehead atoms. The van der Waals surface area contributed by atoms with E-state index in [9.17, 15) is 4.79 Å². The Kier molecular flexibility index (Phi) is 5.66. The van der Waals surface area contributed by atoms with Crippen molar-refractivity contribution < 1.29 is 19.7 Å². The lowest BCUT2D eigenvalue weighted by Gasteiger charge is -2.17. The third-order valence-corrected chi connectivity index (χ3v) is 1.28. The van der Waals surface area contributed by atoms with Gasteiger partial charge in [-0.05, 0) is 11.8 Å². The summed E-state index contributed by atoms with van der Waals surface area (Å²) in [6.07, 6.45) is 0.774. The van der Waals surface area contributed by atoms with Crippen LogP contribution in [0.5, 0.6) is 0 Å². The third kappa shape index (κ3) is 9.30. The summed E-state index contributed by atoms with van der Waals surface area (Å²) in [6.45, 7) is 6.59. The van der Waals surface area contributed by atoms with Gasteiger partial charge in [0.1, 0.15) is 0 Å². The van der Waals surface area contributed by atoms with Crippen molar-refractivity contribution in [3.8, 4) is 0 Å². The number of hydrogen-bond donors (Lipinski definition) is 1. The van der Waals surface area contributed by atoms with E-state index < -0.39 is 0 Å². The molecule has 13 heavy (non-hydrogen) atoms. The van der Waals surface area contributed by atoms with E-state index in [1.807, 2.05) is 20.8 Å². The molecular weight excluding hydrogens is 172 g/mol. The maximum atomic E-state index is 11.0. The zero-order valence-electron chi connectivity index (χ0n) is 8.50. The van der Waals surface area contributed by atoms with E-state index in [1.165, 1.54) is 0 Å². The van der Waals surface area contributed by atoms with E-state index in [4.69, 9.17) is 9.99 Å². The first-order chi connectivity index (χ1) is 5.95. The molecule has 0 fully saturated rings. The van der Waals surface area contributed by atoms with Crippen molar-refractivity contribution in [2.24, 2.45) is 5.41 Å². The molecule has 0 aromatic heterocycles. The number of rotatable bonds is 5. The maximum Gasteiger partial charge on any atom is 0.305 e. The first-order valence-corrected chi connectivity index (χ1v) is 4.38. The summed E-state index contributed by atoms with van der Waals surface area (Å²) in [4.78, 5) is 14.8. The van der Waals surface area contributed by atoms with Crippen LogP contribution in [0.25, 0.3) is 0 Å². The van der Waals surface area contributed by atoms with Crippen LogP contribution in [-0.4, -0.2) is 24.4 Å². The minimum absolute atomic E-state index is 0.00311. The standard InChI is InChI=1S/C9H18O4/c1-9(2,3)7-12-8(10)5-4-6-13-11/h11H,4-7H2,1-3H3. The minimum atomic E-state index is -0.244. The predicted molar refractivity (Wildman–Crippen MR) is 48.2 cm³/mol. The lowest BCUT2D eigenvalue weighted by Crippen LogP contribution is -2.18. The first-order valence-electron chi connectivity index (χ1n) is 4.38. The fourth-order valence-electron chi connectivity index (χ4n) is 0.650. The topological polar surface area (TPSA) is 55.8 Å². The van der Waals surface area contributed by atoms with Crippen molar-refractivity contribution in [2.45, 2.75) is 33.6 Å². The summed E-state index contributed by atoms with van der Waals surface area (Å²) in [7, 11) is 0. The average molecular weight is 190 g/mol. The molecule has 0 saturated carbocycles. The van der Waals surface area contributed by atoms with Crippen LogP contribution in [0.4, 0.5) is 0 Å². The monoisotopic (exact) mass is 190 g/mol. The number of carbonyl (C=O) groups excluding carboxylic acids is 1. The normalized spacial score (nSPS) is 11.4. The van der Waals surface area contributed by atoms with Crippen molar-refractivity contribution in [2.75, 3.05) is 13.2 Å². The molecule has 0 aromatic rings. The van der Waals surface area contributed by atoms with E-state index in [2.05, 4.69) is 4.89 Å². The summed E-state index contributed by atoms with van der Waals surface area (Å²) >= 11 is 0. The molecule has 78 valence electrons. The van der Waals surface area contributed by atoms with Crippen molar-refractivity contribution >= 4 is 5.97 Å². The van der Waals surface area contributed by atoms with Gasteiger partial charge in [0.25, 0.3) is 0 Å². The van der Waals surface area contributed by atoms with E-state index in [0.717, 1.165) is 0 Å². The van der Waals surface area contributed by atoms with Gasteiger partial charge in [-0.3, -0.25) is 10.1 Å². The highest BCUT2D eigenvalue weighted by atomic mass is 17.1. The van der Waals surface area contributed by atoms with Crippen LogP contribution in [0.1, 0.15) is 33.6 Å². The summed E-state index contributed by atoms with van der Waals surface area (Å²) in [6, 6.07) is 0. The second-order valence-corrected chi connectivity index (χ2v) is 4.16. The zero-order valence-corrected chi connectivity index (χ0v) is 8.50. The molecule has 0 aromatic carbocycles. The van der Waals surface area contributed by atoms with Gasteiger partial charge in [-0.15, -0.1) is 0 Å². The summed E-state index contributed by atoms with van der Waals surface area (Å²) in [5.74, 6) is -0.244. The Bertz CT molecular complexity index is 148. The van der Waals surface area contributed by atoms with E-state index in [0.29, 0.717) is 13.0 Å². The first kappa shape index (κ1) is 12.4. The molecule has 4 heteroatoms. The van der Waals surface area contributed by atoms with Gasteiger partial charge in [-0.25, -0.2) is 4.89 Å². The van der Waals surface area contributed by atoms with E-state index in [-0.39, 0.29) is 24.4 Å². The van der Waals surface area contributed by atoms with Crippen molar-refractivity contribution in [3.05, 3.63) is 0 Å². The molecule has 4 nitrogen and oxygen atoms in total. The second-order valence-electron chi connectivity index (χ2n) is 4.16. The lowest BCUT2D eigenvalue weighted by molar-refractivity contribution is -0.242. The van der Waals surface area contributed by atoms with Gasteiger partial charge in [-0.1, -0.05) is 20.8 Å². The Balaban J connectivity index is 3.41. The van der Waals surface area contributed by atoms with Crippen LogP contribution < -0.4 is 0 Å². The highest BCUT2D eigenvalue weighted by molar-refractivity contribution is 5.69. The van der Waals surface area contributed by atoms with Crippen LogP contribution in [-0.2, 0) is 14.4 Å². The van der Waals surface area contributed by atoms with Gasteiger partial charge >= 0.3 is 5.97 Å². The van der Waals surface area contributed by atoms with E-state index >= 15 is 0 Å². The molecule has 0 amide bonds. The Labute approximate surface area is 78.8 Å². The van der Waals surface area contributed by atoms with Crippen LogP contribution in [0.15, 0.2) is 0 Å². The zero-order chi connectivity index (χ0) is 10.3. The average Bonchev–Trinajstić information content (AvgIpc) is 2.00. The third-order valence-electron chi connectivity index (χ3n) is 1.28. The van der Waals surface area contributed by atoms with Crippen molar-refractivity contribution in [1.82, 2.24) is 0 Å². The summed E-state index contributed by atoms with van der Waals surface area (Å²) < 4.78 is 4.98. The Morgan fingerprint density at radius 3 is 2.46 bits per heavy atom. The maximum absolute atomic E-state index is 11.0. The van der Waals surface area contributed by atoms with Crippen LogP contribution in [0.2, 0.25) is 0 Å². The molecule has 0 unspecified atom stereocenters. The SMILES string of the molecule is CC(C)(C)COC(=O)CCCOO. The predicted octanol–water partition coefficient (Wildman–Crippen LogP) is 1.85. The molecule has 0 aliphatic carbocycles. The molecule has 0 rings (SSSR count). The van der Waals surface area contributed by atoms with Crippen LogP contribution >= 0.6 is 0 Å². The smallest absolute Gasteiger partial charge is 0.305 e. The van der Waals surface area contributed by atoms with E-state index in [1.54, 1.807) is 0 Å². The van der Waals surface area contributed by atoms with Gasteiger partial charge in [0.2, 0.25) is 0 Å². The Hall–Kier alpha value is -0.610. The summed E-state index contributed by atoms with van der Waals surface area (Å²) in [5, 5.41) is 7.99. The van der Waals surface area contributed by atoms with Gasteiger partial charge in [-0.2, -0.15) is 0 Å². The second kappa shape index (κ2) is 5.94. The van der Waals surface area contributed by atoms with Gasteiger partial charge < -0.3 is 4.74 Å². The fourth-order valence-corrected chi connectivity index (χ4v) is 0.650. The number of esters is 1. The largest absolute Gasteiger partial charge is 0.465 e. The lowest BCUT2D eigenvalue weighted by atomic mass is 9.99.